The van der Waals surface area contributed by atoms with Crippen molar-refractivity contribution in [3.63, 3.8) is 0 Å². The summed E-state index contributed by atoms with van der Waals surface area (Å²) < 4.78 is 31.1. The fourth-order valence-corrected chi connectivity index (χ4v) is 7.83. The number of rotatable bonds is 4. The van der Waals surface area contributed by atoms with E-state index < -0.39 is 65.1 Å². The van der Waals surface area contributed by atoms with Gasteiger partial charge in [0.2, 0.25) is 11.8 Å². The quantitative estimate of drug-likeness (QED) is 0.359. The highest BCUT2D eigenvalue weighted by molar-refractivity contribution is 5.96. The maximum absolute atomic E-state index is 14.4. The van der Waals surface area contributed by atoms with E-state index in [4.69, 9.17) is 14.2 Å². The molecule has 2 N–H and O–H groups in total. The standard InChI is InChI=1S/C35H47FN4O8/c1-5-46-31(43)35-16-25(35)23-14-20(23)10-7-6-8-13-27(37-32(44)48-34(2,3)4)30(42)40-18-22(15-28(40)29(41)38-35)47-33(45)39-17-21-11-9-12-26(36)24(21)19-39/h9,11-12,20,22-23,25,27-28H,5-8,10,13-19H2,1-4H3,(H,37,44)(H,38,41)/t20-,22-,23+,25+,27+,28+,35-/m1/s1. The first kappa shape index (κ1) is 34.0. The van der Waals surface area contributed by atoms with Gasteiger partial charge in [-0.25, -0.2) is 18.8 Å². The number of esters is 1. The molecular weight excluding hydrogens is 623 g/mol. The Hall–Kier alpha value is -3.90. The highest BCUT2D eigenvalue weighted by Gasteiger charge is 2.69. The zero-order chi connectivity index (χ0) is 34.4. The molecule has 2 saturated carbocycles. The van der Waals surface area contributed by atoms with Crippen LogP contribution in [0.2, 0.25) is 0 Å². The van der Waals surface area contributed by atoms with Crippen LogP contribution >= 0.6 is 0 Å². The van der Waals surface area contributed by atoms with Crippen molar-refractivity contribution in [2.75, 3.05) is 13.2 Å². The summed E-state index contributed by atoms with van der Waals surface area (Å²) >= 11 is 0. The number of benzene rings is 1. The van der Waals surface area contributed by atoms with Gasteiger partial charge in [0.1, 0.15) is 35.1 Å². The van der Waals surface area contributed by atoms with Crippen molar-refractivity contribution in [2.24, 2.45) is 17.8 Å². The average Bonchev–Trinajstić information content (AvgIpc) is 3.82. The van der Waals surface area contributed by atoms with Crippen molar-refractivity contribution in [3.8, 4) is 0 Å². The van der Waals surface area contributed by atoms with E-state index in [1.807, 2.05) is 0 Å². The van der Waals surface area contributed by atoms with Crippen LogP contribution in [0.3, 0.4) is 0 Å². The number of hydrogen-bond acceptors (Lipinski definition) is 8. The number of carbonyl (C=O) groups is 5. The molecule has 2 aliphatic carbocycles. The zero-order valence-electron chi connectivity index (χ0n) is 28.2. The minimum atomic E-state index is -1.16. The third kappa shape index (κ3) is 7.10. The summed E-state index contributed by atoms with van der Waals surface area (Å²) in [5.41, 5.74) is -0.822. The van der Waals surface area contributed by atoms with Gasteiger partial charge in [-0.15, -0.1) is 0 Å². The van der Waals surface area contributed by atoms with Crippen molar-refractivity contribution in [2.45, 2.75) is 121 Å². The van der Waals surface area contributed by atoms with Gasteiger partial charge < -0.3 is 29.7 Å². The Morgan fingerprint density at radius 2 is 1.85 bits per heavy atom. The Kier molecular flexibility index (Phi) is 9.34. The Balaban J connectivity index is 1.24. The van der Waals surface area contributed by atoms with Gasteiger partial charge in [0.25, 0.3) is 0 Å². The van der Waals surface area contributed by atoms with E-state index in [1.165, 1.54) is 15.9 Å². The Labute approximate surface area is 280 Å². The molecular formula is C35H47FN4O8. The minimum absolute atomic E-state index is 0.00670. The number of halogens is 1. The molecule has 262 valence electrons. The second kappa shape index (κ2) is 13.2. The lowest BCUT2D eigenvalue weighted by molar-refractivity contribution is -0.150. The van der Waals surface area contributed by atoms with Gasteiger partial charge in [-0.3, -0.25) is 14.5 Å². The van der Waals surface area contributed by atoms with Gasteiger partial charge in [0.15, 0.2) is 0 Å². The van der Waals surface area contributed by atoms with Crippen molar-refractivity contribution < 1.29 is 42.6 Å². The largest absolute Gasteiger partial charge is 0.464 e. The maximum atomic E-state index is 14.4. The molecule has 4 amide bonds. The number of nitrogens with one attached hydrogen (secondary N) is 2. The van der Waals surface area contributed by atoms with Crippen LogP contribution in [-0.4, -0.2) is 82.2 Å². The van der Waals surface area contributed by atoms with Crippen LogP contribution in [0.5, 0.6) is 0 Å². The fraction of sp³-hybridized carbons (Fsp3) is 0.686. The van der Waals surface area contributed by atoms with Crippen LogP contribution in [0.25, 0.3) is 0 Å². The molecule has 5 aliphatic rings. The van der Waals surface area contributed by atoms with Crippen molar-refractivity contribution in [1.82, 2.24) is 20.4 Å². The second-order valence-electron chi connectivity index (χ2n) is 15.0. The Morgan fingerprint density at radius 1 is 1.08 bits per heavy atom. The van der Waals surface area contributed by atoms with Gasteiger partial charge in [-0.2, -0.15) is 0 Å². The number of nitrogens with zero attached hydrogens (tertiary/aromatic N) is 2. The topological polar surface area (TPSA) is 144 Å². The molecule has 4 fully saturated rings. The smallest absolute Gasteiger partial charge is 0.410 e. The molecule has 3 aliphatic heterocycles. The van der Waals surface area contributed by atoms with Crippen molar-refractivity contribution in [1.29, 1.82) is 0 Å². The molecule has 0 aromatic heterocycles. The summed E-state index contributed by atoms with van der Waals surface area (Å²) in [4.78, 5) is 70.6. The summed E-state index contributed by atoms with van der Waals surface area (Å²) in [7, 11) is 0. The van der Waals surface area contributed by atoms with E-state index in [1.54, 1.807) is 39.8 Å². The SMILES string of the molecule is CCOC(=O)[C@@]12C[C@H]1[C@H]1C[C@H]1CCCCC[C@H](NC(=O)OC(C)(C)C)C(=O)N1C[C@H](OC(=O)N3Cc4cccc(F)c4C3)C[C@H]1C(=O)N2. The van der Waals surface area contributed by atoms with Crippen molar-refractivity contribution >= 4 is 30.0 Å². The summed E-state index contributed by atoms with van der Waals surface area (Å²) in [6, 6.07) is 2.64. The molecule has 0 radical (unpaired) electrons. The number of hydrogen-bond donors (Lipinski definition) is 2. The molecule has 0 unspecified atom stereocenters. The van der Waals surface area contributed by atoms with Gasteiger partial charge in [-0.05, 0) is 76.3 Å². The number of ether oxygens (including phenoxy) is 3. The number of alkyl carbamates (subject to hydrolysis) is 1. The van der Waals surface area contributed by atoms with E-state index in [9.17, 15) is 28.4 Å². The van der Waals surface area contributed by atoms with Crippen LogP contribution in [-0.2, 0) is 41.7 Å². The zero-order valence-corrected chi connectivity index (χ0v) is 28.2. The summed E-state index contributed by atoms with van der Waals surface area (Å²) in [5.74, 6) is -1.13. The van der Waals surface area contributed by atoms with Crippen LogP contribution in [0.1, 0.15) is 90.2 Å². The molecule has 0 spiro atoms. The van der Waals surface area contributed by atoms with Gasteiger partial charge >= 0.3 is 18.2 Å². The normalized spacial score (nSPS) is 31.5. The van der Waals surface area contributed by atoms with E-state index in [-0.39, 0.29) is 38.6 Å². The van der Waals surface area contributed by atoms with Crippen LogP contribution in [0.15, 0.2) is 18.2 Å². The fourth-order valence-electron chi connectivity index (χ4n) is 7.83. The van der Waals surface area contributed by atoms with Gasteiger partial charge in [-0.1, -0.05) is 37.8 Å². The maximum Gasteiger partial charge on any atom is 0.410 e. The third-order valence-electron chi connectivity index (χ3n) is 10.4. The molecule has 3 heterocycles. The van der Waals surface area contributed by atoms with E-state index in [2.05, 4.69) is 10.6 Å². The molecule has 48 heavy (non-hydrogen) atoms. The summed E-state index contributed by atoms with van der Waals surface area (Å²) in [6.45, 7) is 7.22. The van der Waals surface area contributed by atoms with Gasteiger partial charge in [0.05, 0.1) is 19.7 Å². The lowest BCUT2D eigenvalue weighted by Gasteiger charge is -2.30. The molecule has 2 saturated heterocycles. The molecule has 6 rings (SSSR count). The molecule has 1 aromatic carbocycles. The van der Waals surface area contributed by atoms with E-state index in [0.717, 1.165) is 25.7 Å². The molecule has 13 heteroatoms. The van der Waals surface area contributed by atoms with Crippen LogP contribution < -0.4 is 10.6 Å². The predicted octanol–water partition coefficient (Wildman–Crippen LogP) is 4.18. The second-order valence-corrected chi connectivity index (χ2v) is 15.0. The monoisotopic (exact) mass is 670 g/mol. The number of fused-ring (bicyclic) bond motifs is 5. The first-order chi connectivity index (χ1) is 22.8. The number of carbonyl (C=O) groups excluding carboxylic acids is 5. The predicted molar refractivity (Wildman–Crippen MR) is 169 cm³/mol. The molecule has 0 bridgehead atoms. The first-order valence-corrected chi connectivity index (χ1v) is 17.3. The number of amides is 4. The highest BCUT2D eigenvalue weighted by Crippen LogP contribution is 2.62. The summed E-state index contributed by atoms with van der Waals surface area (Å²) in [6.07, 6.45) is 3.02. The minimum Gasteiger partial charge on any atom is -0.464 e. The van der Waals surface area contributed by atoms with Gasteiger partial charge in [0, 0.05) is 18.5 Å². The third-order valence-corrected chi connectivity index (χ3v) is 10.4. The van der Waals surface area contributed by atoms with Crippen molar-refractivity contribution in [3.05, 3.63) is 35.1 Å². The van der Waals surface area contributed by atoms with E-state index in [0.29, 0.717) is 42.2 Å². The molecule has 1 aromatic rings. The lowest BCUT2D eigenvalue weighted by Crippen LogP contribution is -2.57. The Morgan fingerprint density at radius 3 is 2.58 bits per heavy atom. The van der Waals surface area contributed by atoms with E-state index >= 15 is 0 Å². The summed E-state index contributed by atoms with van der Waals surface area (Å²) in [5, 5.41) is 5.72. The molecule has 12 nitrogen and oxygen atoms in total. The Bertz CT molecular complexity index is 1460. The van der Waals surface area contributed by atoms with Crippen LogP contribution in [0, 0.1) is 23.6 Å². The average molecular weight is 671 g/mol. The first-order valence-electron chi connectivity index (χ1n) is 17.3. The van der Waals surface area contributed by atoms with Crippen LogP contribution in [0.4, 0.5) is 14.0 Å². The molecule has 7 atom stereocenters. The highest BCUT2D eigenvalue weighted by atomic mass is 19.1. The lowest BCUT2D eigenvalue weighted by atomic mass is 10.0.